The van der Waals surface area contributed by atoms with Crippen LogP contribution in [0.4, 0.5) is 0 Å². The summed E-state index contributed by atoms with van der Waals surface area (Å²) in [6.07, 6.45) is 6.80. The van der Waals surface area contributed by atoms with E-state index in [0.717, 1.165) is 12.8 Å². The Balaban J connectivity index is 2.61. The fourth-order valence-electron chi connectivity index (χ4n) is 2.43. The minimum absolute atomic E-state index is 0.679. The van der Waals surface area contributed by atoms with Crippen molar-refractivity contribution in [2.75, 3.05) is 0 Å². The summed E-state index contributed by atoms with van der Waals surface area (Å²) in [7, 11) is -1.45. The van der Waals surface area contributed by atoms with Gasteiger partial charge in [0.1, 0.15) is 0 Å². The van der Waals surface area contributed by atoms with E-state index >= 15 is 0 Å². The third-order valence-electron chi connectivity index (χ3n) is 4.15. The van der Waals surface area contributed by atoms with Crippen LogP contribution in [0.3, 0.4) is 0 Å². The molecule has 1 rings (SSSR count). The Labute approximate surface area is 108 Å². The van der Waals surface area contributed by atoms with E-state index in [0.29, 0.717) is 5.92 Å². The molecule has 0 N–H and O–H groups in total. The lowest BCUT2D eigenvalue weighted by atomic mass is 9.95. The van der Waals surface area contributed by atoms with Gasteiger partial charge in [0.2, 0.25) is 8.32 Å². The Morgan fingerprint density at radius 2 is 1.65 bits per heavy atom. The maximum absolute atomic E-state index is 6.41. The lowest BCUT2D eigenvalue weighted by Gasteiger charge is -2.31. The number of hydrogen-bond donors (Lipinski definition) is 0. The topological polar surface area (TPSA) is 9.23 Å². The summed E-state index contributed by atoms with van der Waals surface area (Å²) in [6, 6.07) is 3.70. The molecule has 0 atom stereocenters. The molecule has 0 radical (unpaired) electrons. The Bertz CT molecular complexity index is 290. The molecule has 0 aromatic heterocycles. The van der Waals surface area contributed by atoms with E-state index in [1.165, 1.54) is 23.9 Å². The Kier molecular flexibility index (Phi) is 5.51. The van der Waals surface area contributed by atoms with Gasteiger partial charge in [-0.1, -0.05) is 46.3 Å². The van der Waals surface area contributed by atoms with E-state index in [9.17, 15) is 0 Å². The van der Waals surface area contributed by atoms with Crippen LogP contribution in [-0.2, 0) is 4.43 Å². The molecule has 0 aromatic rings. The fraction of sp³-hybridized carbons (Fsp3) is 0.733. The maximum atomic E-state index is 6.41. The van der Waals surface area contributed by atoms with Crippen LogP contribution in [-0.4, -0.2) is 8.32 Å². The molecule has 0 saturated heterocycles. The molecular weight excluding hydrogens is 224 g/mol. The van der Waals surface area contributed by atoms with E-state index < -0.39 is 8.32 Å². The SMILES string of the molecule is CC[Si](CC)(CC)OC1=CCC(C(C)C)=CC1. The molecule has 0 fully saturated rings. The Morgan fingerprint density at radius 1 is 1.06 bits per heavy atom. The van der Waals surface area contributed by atoms with Crippen molar-refractivity contribution in [3.8, 4) is 0 Å². The second-order valence-electron chi connectivity index (χ2n) is 5.36. The van der Waals surface area contributed by atoms with Crippen LogP contribution in [0.1, 0.15) is 47.5 Å². The zero-order chi connectivity index (χ0) is 12.9. The monoisotopic (exact) mass is 252 g/mol. The molecule has 0 amide bonds. The van der Waals surface area contributed by atoms with Crippen molar-refractivity contribution in [3.05, 3.63) is 23.5 Å². The number of hydrogen-bond acceptors (Lipinski definition) is 1. The third kappa shape index (κ3) is 3.73. The van der Waals surface area contributed by atoms with Gasteiger partial charge >= 0.3 is 0 Å². The van der Waals surface area contributed by atoms with E-state index in [1.54, 1.807) is 5.57 Å². The van der Waals surface area contributed by atoms with Crippen LogP contribution in [0.5, 0.6) is 0 Å². The summed E-state index contributed by atoms with van der Waals surface area (Å²) in [6.45, 7) is 11.4. The highest BCUT2D eigenvalue weighted by Crippen LogP contribution is 2.30. The van der Waals surface area contributed by atoms with E-state index in [4.69, 9.17) is 4.43 Å². The van der Waals surface area contributed by atoms with Crippen molar-refractivity contribution < 1.29 is 4.43 Å². The van der Waals surface area contributed by atoms with Crippen LogP contribution in [0, 0.1) is 5.92 Å². The Morgan fingerprint density at radius 3 is 2.00 bits per heavy atom. The van der Waals surface area contributed by atoms with E-state index in [1.807, 2.05) is 0 Å². The van der Waals surface area contributed by atoms with Crippen molar-refractivity contribution in [2.45, 2.75) is 65.6 Å². The zero-order valence-electron chi connectivity index (χ0n) is 12.2. The Hall–Kier alpha value is -0.503. The van der Waals surface area contributed by atoms with Gasteiger partial charge in [-0.15, -0.1) is 0 Å². The molecule has 0 aromatic carbocycles. The molecule has 1 nitrogen and oxygen atoms in total. The molecule has 1 aliphatic rings. The number of allylic oxidation sites excluding steroid dienone is 3. The van der Waals surface area contributed by atoms with Crippen molar-refractivity contribution in [1.29, 1.82) is 0 Å². The average Bonchev–Trinajstić information content (AvgIpc) is 2.37. The molecule has 0 heterocycles. The fourth-order valence-corrected chi connectivity index (χ4v) is 5.09. The van der Waals surface area contributed by atoms with Gasteiger partial charge in [-0.05, 0) is 36.5 Å². The van der Waals surface area contributed by atoms with Crippen molar-refractivity contribution in [3.63, 3.8) is 0 Å². The van der Waals surface area contributed by atoms with E-state index in [-0.39, 0.29) is 0 Å². The van der Waals surface area contributed by atoms with Crippen LogP contribution in [0.15, 0.2) is 23.5 Å². The molecule has 2 heteroatoms. The third-order valence-corrected chi connectivity index (χ3v) is 8.71. The zero-order valence-corrected chi connectivity index (χ0v) is 13.2. The van der Waals surface area contributed by atoms with E-state index in [2.05, 4.69) is 46.8 Å². The lowest BCUT2D eigenvalue weighted by Crippen LogP contribution is -2.35. The first-order chi connectivity index (χ1) is 8.06. The smallest absolute Gasteiger partial charge is 0.250 e. The predicted octanol–water partition coefficient (Wildman–Crippen LogP) is 5.27. The first-order valence-electron chi connectivity index (χ1n) is 7.13. The molecule has 17 heavy (non-hydrogen) atoms. The molecule has 0 bridgehead atoms. The largest absolute Gasteiger partial charge is 0.547 e. The highest BCUT2D eigenvalue weighted by atomic mass is 28.4. The van der Waals surface area contributed by atoms with Crippen LogP contribution < -0.4 is 0 Å². The van der Waals surface area contributed by atoms with Crippen molar-refractivity contribution in [2.24, 2.45) is 5.92 Å². The average molecular weight is 252 g/mol. The van der Waals surface area contributed by atoms with Gasteiger partial charge in [-0.2, -0.15) is 0 Å². The van der Waals surface area contributed by atoms with Gasteiger partial charge in [0, 0.05) is 6.42 Å². The minimum atomic E-state index is -1.45. The van der Waals surface area contributed by atoms with Crippen LogP contribution >= 0.6 is 0 Å². The van der Waals surface area contributed by atoms with Gasteiger partial charge < -0.3 is 4.43 Å². The molecule has 1 aliphatic carbocycles. The summed E-state index contributed by atoms with van der Waals surface area (Å²) < 4.78 is 6.41. The maximum Gasteiger partial charge on any atom is 0.250 e. The lowest BCUT2D eigenvalue weighted by molar-refractivity contribution is 0.389. The quantitative estimate of drug-likeness (QED) is 0.462. The van der Waals surface area contributed by atoms with Gasteiger partial charge in [0.25, 0.3) is 0 Å². The van der Waals surface area contributed by atoms with Gasteiger partial charge in [-0.3, -0.25) is 0 Å². The first-order valence-corrected chi connectivity index (χ1v) is 9.66. The highest BCUT2D eigenvalue weighted by Gasteiger charge is 2.31. The summed E-state index contributed by atoms with van der Waals surface area (Å²) >= 11 is 0. The minimum Gasteiger partial charge on any atom is -0.547 e. The summed E-state index contributed by atoms with van der Waals surface area (Å²) in [4.78, 5) is 0. The van der Waals surface area contributed by atoms with Crippen molar-refractivity contribution >= 4 is 8.32 Å². The molecule has 0 unspecified atom stereocenters. The van der Waals surface area contributed by atoms with Gasteiger partial charge in [0.15, 0.2) is 0 Å². The first kappa shape index (κ1) is 14.6. The van der Waals surface area contributed by atoms with Gasteiger partial charge in [0.05, 0.1) is 5.76 Å². The normalized spacial score (nSPS) is 16.8. The van der Waals surface area contributed by atoms with Crippen LogP contribution in [0.25, 0.3) is 0 Å². The highest BCUT2D eigenvalue weighted by molar-refractivity contribution is 6.73. The molecule has 0 saturated carbocycles. The van der Waals surface area contributed by atoms with Gasteiger partial charge in [-0.25, -0.2) is 0 Å². The summed E-state index contributed by atoms with van der Waals surface area (Å²) in [5.41, 5.74) is 1.56. The molecule has 0 spiro atoms. The second kappa shape index (κ2) is 6.44. The summed E-state index contributed by atoms with van der Waals surface area (Å²) in [5.74, 6) is 1.92. The molecule has 98 valence electrons. The molecule has 0 aliphatic heterocycles. The second-order valence-corrected chi connectivity index (χ2v) is 10.0. The standard InChI is InChI=1S/C15H28OSi/c1-6-17(7-2,8-3)16-15-11-9-14(10-12-15)13(4)5/h9,12-13H,6-8,10-11H2,1-5H3. The number of rotatable bonds is 6. The predicted molar refractivity (Wildman–Crippen MR) is 78.5 cm³/mol. The van der Waals surface area contributed by atoms with Crippen LogP contribution in [0.2, 0.25) is 18.1 Å². The van der Waals surface area contributed by atoms with Crippen molar-refractivity contribution in [1.82, 2.24) is 0 Å². The molecular formula is C15H28OSi. The summed E-state index contributed by atoms with van der Waals surface area (Å²) in [5, 5.41) is 0.